The molecule has 0 fully saturated rings. The van der Waals surface area contributed by atoms with Crippen LogP contribution in [0.1, 0.15) is 41.1 Å². The number of benzene rings is 1. The van der Waals surface area contributed by atoms with E-state index in [2.05, 4.69) is 30.6 Å². The highest BCUT2D eigenvalue weighted by Gasteiger charge is 2.21. The number of pyridine rings is 1. The molecule has 0 amide bonds. The first-order chi connectivity index (χ1) is 16.9. The van der Waals surface area contributed by atoms with Crippen LogP contribution in [0.3, 0.4) is 0 Å². The summed E-state index contributed by atoms with van der Waals surface area (Å²) in [6, 6.07) is 7.05. The Labute approximate surface area is 202 Å². The maximum Gasteiger partial charge on any atom is 0.320 e. The highest BCUT2D eigenvalue weighted by atomic mass is 16.7. The number of aryl methyl sites for hydroxylation is 1. The molecule has 0 aliphatic carbocycles. The van der Waals surface area contributed by atoms with E-state index in [-0.39, 0.29) is 23.8 Å². The fourth-order valence-electron chi connectivity index (χ4n) is 3.78. The molecule has 4 N–H and O–H groups in total. The maximum atomic E-state index is 13.3. The first kappa shape index (κ1) is 25.2. The molecular formula is C25H28N6O4. The normalized spacial score (nSPS) is 13.2. The van der Waals surface area contributed by atoms with E-state index >= 15 is 0 Å². The Hall–Kier alpha value is -4.47. The number of nitrogens with zero attached hydrogens (tertiary/aromatic N) is 3. The van der Waals surface area contributed by atoms with Gasteiger partial charge in [-0.15, -0.1) is 0 Å². The average molecular weight is 477 g/mol. The largest absolute Gasteiger partial charge is 0.455 e. The van der Waals surface area contributed by atoms with Crippen LogP contribution < -0.4 is 22.0 Å². The third-order valence-electron chi connectivity index (χ3n) is 5.40. The average Bonchev–Trinajstić information content (AvgIpc) is 2.86. The smallest absolute Gasteiger partial charge is 0.320 e. The Bertz CT molecular complexity index is 1390. The van der Waals surface area contributed by atoms with Crippen molar-refractivity contribution in [2.24, 2.45) is 15.7 Å². The monoisotopic (exact) mass is 476 g/mol. The maximum absolute atomic E-state index is 13.3. The number of carbonyl (C=O) groups excluding carboxylic acids is 1. The molecule has 35 heavy (non-hydrogen) atoms. The molecule has 3 aromatic rings. The van der Waals surface area contributed by atoms with Gasteiger partial charge >= 0.3 is 6.47 Å². The van der Waals surface area contributed by atoms with Crippen LogP contribution in [0.4, 0.5) is 5.69 Å². The van der Waals surface area contributed by atoms with Crippen LogP contribution in [-0.2, 0) is 9.63 Å². The van der Waals surface area contributed by atoms with E-state index in [0.29, 0.717) is 39.2 Å². The number of carbonyl (C=O) groups is 1. The first-order valence-corrected chi connectivity index (χ1v) is 10.8. The van der Waals surface area contributed by atoms with Crippen molar-refractivity contribution in [3.05, 3.63) is 75.0 Å². The number of rotatable bonds is 8. The number of fused-ring (bicyclic) bond motifs is 1. The molecule has 0 saturated heterocycles. The zero-order chi connectivity index (χ0) is 25.5. The number of allylic oxidation sites excluding steroid dienone is 1. The standard InChI is InChI=1S/C25H28N6O4/c1-14-9-18(16(3)30-20-7-6-8-29-21(20)25(28-5)31-34-13-32)24-19(10-14)22(33)15(2)23(35-24)17(11-26)12-27-4/h6-13,16,30H,26H2,1-5H3,(H,28,31)/b17-11+,27-12?. The zero-order valence-electron chi connectivity index (χ0n) is 20.2. The van der Waals surface area contributed by atoms with Crippen LogP contribution in [-0.4, -0.2) is 37.6 Å². The van der Waals surface area contributed by atoms with E-state index in [4.69, 9.17) is 10.2 Å². The summed E-state index contributed by atoms with van der Waals surface area (Å²) < 4.78 is 6.29. The van der Waals surface area contributed by atoms with Gasteiger partial charge in [-0.3, -0.25) is 24.6 Å². The number of nitrogens with one attached hydrogen (secondary N) is 2. The summed E-state index contributed by atoms with van der Waals surface area (Å²) in [6.45, 7) is 5.83. The second-order valence-electron chi connectivity index (χ2n) is 7.78. The quantitative estimate of drug-likeness (QED) is 0.195. The summed E-state index contributed by atoms with van der Waals surface area (Å²) in [6.07, 6.45) is 4.52. The number of anilines is 1. The molecule has 3 rings (SSSR count). The van der Waals surface area contributed by atoms with E-state index < -0.39 is 0 Å². The van der Waals surface area contributed by atoms with Gasteiger partial charge in [0.25, 0.3) is 0 Å². The highest BCUT2D eigenvalue weighted by Crippen LogP contribution is 2.30. The third kappa shape index (κ3) is 5.21. The molecule has 1 atom stereocenters. The minimum Gasteiger partial charge on any atom is -0.455 e. The molecule has 10 heteroatoms. The molecule has 0 spiro atoms. The van der Waals surface area contributed by atoms with Crippen LogP contribution in [0.5, 0.6) is 0 Å². The number of hydrogen-bond donors (Lipinski definition) is 3. The number of aromatic nitrogens is 1. The molecule has 0 saturated carbocycles. The molecule has 2 aromatic heterocycles. The molecule has 0 bridgehead atoms. The minimum absolute atomic E-state index is 0.139. The van der Waals surface area contributed by atoms with Gasteiger partial charge in [-0.05, 0) is 44.5 Å². The summed E-state index contributed by atoms with van der Waals surface area (Å²) in [5, 5.41) is 3.88. The van der Waals surface area contributed by atoms with E-state index in [1.807, 2.05) is 32.0 Å². The van der Waals surface area contributed by atoms with Gasteiger partial charge in [0.1, 0.15) is 17.0 Å². The topological polar surface area (TPSA) is 144 Å². The summed E-state index contributed by atoms with van der Waals surface area (Å²) in [5.41, 5.74) is 12.3. The predicted molar refractivity (Wildman–Crippen MR) is 138 cm³/mol. The number of nitrogens with two attached hydrogens (primary N) is 1. The van der Waals surface area contributed by atoms with Crippen molar-refractivity contribution in [1.29, 1.82) is 0 Å². The second kappa shape index (κ2) is 11.1. The van der Waals surface area contributed by atoms with Crippen molar-refractivity contribution in [3.8, 4) is 0 Å². The molecule has 0 aliphatic rings. The lowest BCUT2D eigenvalue weighted by Gasteiger charge is -2.20. The molecule has 1 unspecified atom stereocenters. The van der Waals surface area contributed by atoms with Gasteiger partial charge in [0, 0.05) is 43.8 Å². The lowest BCUT2D eigenvalue weighted by molar-refractivity contribution is -0.132. The number of amidine groups is 1. The summed E-state index contributed by atoms with van der Waals surface area (Å²) in [5.74, 6) is 0.633. The summed E-state index contributed by atoms with van der Waals surface area (Å²) in [4.78, 5) is 41.0. The van der Waals surface area contributed by atoms with Crippen molar-refractivity contribution in [1.82, 2.24) is 10.5 Å². The van der Waals surface area contributed by atoms with E-state index in [9.17, 15) is 9.59 Å². The molecule has 182 valence electrons. The zero-order valence-corrected chi connectivity index (χ0v) is 20.2. The van der Waals surface area contributed by atoms with Crippen LogP contribution in [0.25, 0.3) is 16.5 Å². The molecule has 10 nitrogen and oxygen atoms in total. The van der Waals surface area contributed by atoms with E-state index in [1.165, 1.54) is 6.20 Å². The van der Waals surface area contributed by atoms with Crippen molar-refractivity contribution >= 4 is 40.8 Å². The minimum atomic E-state index is -0.311. The van der Waals surface area contributed by atoms with Crippen LogP contribution in [0, 0.1) is 13.8 Å². The lowest BCUT2D eigenvalue weighted by atomic mass is 9.99. The third-order valence-corrected chi connectivity index (χ3v) is 5.40. The molecule has 1 aromatic carbocycles. The molecule has 2 heterocycles. The van der Waals surface area contributed by atoms with Crippen LogP contribution in [0.2, 0.25) is 0 Å². The molecule has 0 aliphatic heterocycles. The highest BCUT2D eigenvalue weighted by molar-refractivity contribution is 6.09. The SMILES string of the molecule is CN=C/C(=C\N)c1oc2c(C(C)Nc3cccnc3C(=NC)NOC=O)cc(C)cc2c(=O)c1C. The van der Waals surface area contributed by atoms with Gasteiger partial charge < -0.3 is 20.3 Å². The van der Waals surface area contributed by atoms with E-state index in [0.717, 1.165) is 11.1 Å². The Morgan fingerprint density at radius 1 is 1.29 bits per heavy atom. The van der Waals surface area contributed by atoms with Gasteiger partial charge in [0.05, 0.1) is 22.7 Å². The Kier molecular flexibility index (Phi) is 7.98. The predicted octanol–water partition coefficient (Wildman–Crippen LogP) is 3.03. The fraction of sp³-hybridized carbons (Fsp3) is 0.240. The van der Waals surface area contributed by atoms with Gasteiger partial charge in [-0.2, -0.15) is 5.48 Å². The first-order valence-electron chi connectivity index (χ1n) is 10.8. The number of aliphatic imine (C=N–C) groups is 2. The summed E-state index contributed by atoms with van der Waals surface area (Å²) >= 11 is 0. The van der Waals surface area contributed by atoms with Gasteiger partial charge in [-0.1, -0.05) is 6.07 Å². The fourth-order valence-corrected chi connectivity index (χ4v) is 3.78. The lowest BCUT2D eigenvalue weighted by Crippen LogP contribution is -2.26. The van der Waals surface area contributed by atoms with Gasteiger partial charge in [0.2, 0.25) is 0 Å². The van der Waals surface area contributed by atoms with Crippen LogP contribution in [0.15, 0.2) is 55.9 Å². The van der Waals surface area contributed by atoms with Gasteiger partial charge in [0.15, 0.2) is 11.3 Å². The van der Waals surface area contributed by atoms with Crippen molar-refractivity contribution < 1.29 is 14.0 Å². The van der Waals surface area contributed by atoms with Crippen LogP contribution >= 0.6 is 0 Å². The van der Waals surface area contributed by atoms with Crippen molar-refractivity contribution in [3.63, 3.8) is 0 Å². The van der Waals surface area contributed by atoms with Gasteiger partial charge in [-0.25, -0.2) is 0 Å². The van der Waals surface area contributed by atoms with Crippen molar-refractivity contribution in [2.75, 3.05) is 19.4 Å². The second-order valence-corrected chi connectivity index (χ2v) is 7.78. The Balaban J connectivity index is 2.15. The Morgan fingerprint density at radius 2 is 2.06 bits per heavy atom. The number of hydroxylamine groups is 1. The van der Waals surface area contributed by atoms with Crippen molar-refractivity contribution in [2.45, 2.75) is 26.8 Å². The number of hydrogen-bond acceptors (Lipinski definition) is 9. The van der Waals surface area contributed by atoms with E-state index in [1.54, 1.807) is 39.5 Å². The molecular weight excluding hydrogens is 448 g/mol. The Morgan fingerprint density at radius 3 is 2.71 bits per heavy atom. The molecule has 0 radical (unpaired) electrons. The summed E-state index contributed by atoms with van der Waals surface area (Å²) in [7, 11) is 3.17.